The van der Waals surface area contributed by atoms with Crippen LogP contribution in [0.4, 0.5) is 30.8 Å². The Kier molecular flexibility index (Phi) is 11.4. The first-order chi connectivity index (χ1) is 23.5. The van der Waals surface area contributed by atoms with Crippen LogP contribution in [0.15, 0.2) is 42.3 Å². The molecular weight excluding hydrogens is 655 g/mol. The van der Waals surface area contributed by atoms with Gasteiger partial charge in [-0.05, 0) is 25.3 Å². The number of hydrogen-bond acceptors (Lipinski definition) is 13. The van der Waals surface area contributed by atoms with Crippen LogP contribution < -0.4 is 15.1 Å². The van der Waals surface area contributed by atoms with Gasteiger partial charge in [-0.25, -0.2) is 19.6 Å². The molecule has 0 unspecified atom stereocenters. The number of hydrogen-bond donors (Lipinski definition) is 2. The molecule has 0 radical (unpaired) electrons. The molecule has 0 atom stereocenters. The molecule has 2 aromatic rings. The van der Waals surface area contributed by atoms with E-state index in [0.29, 0.717) is 90.0 Å². The first kappa shape index (κ1) is 35.2. The van der Waals surface area contributed by atoms with Gasteiger partial charge >= 0.3 is 18.1 Å². The normalized spacial score (nSPS) is 17.1. The highest BCUT2D eigenvalue weighted by molar-refractivity contribution is 6.13. The van der Waals surface area contributed by atoms with Crippen LogP contribution in [0.3, 0.4) is 0 Å². The minimum Gasteiger partial charge on any atom is -0.477 e. The molecule has 0 spiro atoms. The van der Waals surface area contributed by atoms with Gasteiger partial charge in [-0.1, -0.05) is 0 Å². The highest BCUT2D eigenvalue weighted by Crippen LogP contribution is 2.38. The quantitative estimate of drug-likeness (QED) is 0.0782. The van der Waals surface area contributed by atoms with Crippen LogP contribution in [0.25, 0.3) is 11.3 Å². The molecule has 2 aromatic heterocycles. The predicted molar refractivity (Wildman–Crippen MR) is 166 cm³/mol. The number of carboxylic acids is 1. The second-order valence-electron chi connectivity index (χ2n) is 11.1. The number of ether oxygens (including phenoxy) is 3. The Morgan fingerprint density at radius 1 is 0.939 bits per heavy atom. The number of aromatic nitrogens is 3. The molecule has 49 heavy (non-hydrogen) atoms. The number of anilines is 3. The molecule has 2 amide bonds. The maximum Gasteiger partial charge on any atom is 0.417 e. The third kappa shape index (κ3) is 9.08. The molecule has 0 bridgehead atoms. The fraction of sp³-hybridized carbons (Fsp3) is 0.452. The van der Waals surface area contributed by atoms with Crippen LogP contribution in [0.2, 0.25) is 0 Å². The van der Waals surface area contributed by atoms with E-state index in [2.05, 4.69) is 20.3 Å². The third-order valence-electron chi connectivity index (χ3n) is 7.79. The molecular formula is C31H34F3N7O8. The fourth-order valence-electron chi connectivity index (χ4n) is 5.19. The SMILES string of the molecule is O=C(O)/C(=C\Nc1cc(C(F)(F)F)c(-c2cc(N3CCOCC3)nc(N3CCOCC3)n2)cn1)C(=O)OCCCCCN1C(=O)C=CC1=O. The number of carbonyl (C=O) groups excluding carboxylic acids is 3. The van der Waals surface area contributed by atoms with Crippen molar-refractivity contribution in [2.45, 2.75) is 25.4 Å². The Balaban J connectivity index is 1.29. The summed E-state index contributed by atoms with van der Waals surface area (Å²) in [6.07, 6.45) is 0.413. The molecule has 0 aromatic carbocycles. The summed E-state index contributed by atoms with van der Waals surface area (Å²) in [4.78, 5) is 65.4. The number of carbonyl (C=O) groups is 4. The van der Waals surface area contributed by atoms with Gasteiger partial charge in [-0.3, -0.25) is 14.5 Å². The van der Waals surface area contributed by atoms with Gasteiger partial charge in [0.15, 0.2) is 5.57 Å². The zero-order valence-electron chi connectivity index (χ0n) is 26.3. The van der Waals surface area contributed by atoms with Crippen LogP contribution in [0, 0.1) is 0 Å². The molecule has 5 heterocycles. The van der Waals surface area contributed by atoms with Crippen molar-refractivity contribution in [2.75, 3.05) is 80.9 Å². The van der Waals surface area contributed by atoms with Gasteiger partial charge in [0.05, 0.1) is 44.3 Å². The molecule has 2 fully saturated rings. The Hall–Kier alpha value is -5.10. The summed E-state index contributed by atoms with van der Waals surface area (Å²) >= 11 is 0. The molecule has 262 valence electrons. The first-order valence-corrected chi connectivity index (χ1v) is 15.5. The van der Waals surface area contributed by atoms with Crippen molar-refractivity contribution in [1.29, 1.82) is 0 Å². The van der Waals surface area contributed by atoms with Crippen molar-refractivity contribution in [3.05, 3.63) is 47.8 Å². The molecule has 18 heteroatoms. The molecule has 2 N–H and O–H groups in total. The second-order valence-corrected chi connectivity index (χ2v) is 11.1. The molecule has 15 nitrogen and oxygen atoms in total. The highest BCUT2D eigenvalue weighted by Gasteiger charge is 2.35. The van der Waals surface area contributed by atoms with Gasteiger partial charge in [0.2, 0.25) is 5.95 Å². The average molecular weight is 690 g/mol. The van der Waals surface area contributed by atoms with E-state index in [4.69, 9.17) is 14.2 Å². The van der Waals surface area contributed by atoms with E-state index >= 15 is 0 Å². The third-order valence-corrected chi connectivity index (χ3v) is 7.79. The van der Waals surface area contributed by atoms with E-state index in [1.807, 2.05) is 9.80 Å². The number of carboxylic acid groups (broad SMARTS) is 1. The monoisotopic (exact) mass is 689 g/mol. The Morgan fingerprint density at radius 2 is 1.59 bits per heavy atom. The van der Waals surface area contributed by atoms with Gasteiger partial charge in [-0.2, -0.15) is 18.2 Å². The van der Waals surface area contributed by atoms with Crippen molar-refractivity contribution in [3.63, 3.8) is 0 Å². The summed E-state index contributed by atoms with van der Waals surface area (Å²) in [6.45, 7) is 3.64. The van der Waals surface area contributed by atoms with Crippen molar-refractivity contribution in [3.8, 4) is 11.3 Å². The molecule has 5 rings (SSSR count). The van der Waals surface area contributed by atoms with Gasteiger partial charge in [0, 0.05) is 68.9 Å². The first-order valence-electron chi connectivity index (χ1n) is 15.5. The molecule has 3 aliphatic rings. The van der Waals surface area contributed by atoms with E-state index in [9.17, 15) is 37.5 Å². The second kappa shape index (κ2) is 15.9. The Bertz CT molecular complexity index is 1570. The summed E-state index contributed by atoms with van der Waals surface area (Å²) in [7, 11) is 0. The number of esters is 1. The van der Waals surface area contributed by atoms with E-state index in [1.165, 1.54) is 18.2 Å². The number of nitrogens with one attached hydrogen (secondary N) is 1. The molecule has 2 saturated heterocycles. The lowest BCUT2D eigenvalue weighted by Crippen LogP contribution is -2.39. The van der Waals surface area contributed by atoms with Crippen LogP contribution in [-0.4, -0.2) is 114 Å². The van der Waals surface area contributed by atoms with Crippen LogP contribution >= 0.6 is 0 Å². The van der Waals surface area contributed by atoms with Gasteiger partial charge in [-0.15, -0.1) is 0 Å². The number of nitrogens with zero attached hydrogens (tertiary/aromatic N) is 6. The van der Waals surface area contributed by atoms with E-state index in [1.54, 1.807) is 0 Å². The largest absolute Gasteiger partial charge is 0.477 e. The summed E-state index contributed by atoms with van der Waals surface area (Å²) in [5.74, 6) is -3.39. The Morgan fingerprint density at radius 3 is 2.22 bits per heavy atom. The zero-order valence-corrected chi connectivity index (χ0v) is 26.3. The number of aliphatic carboxylic acids is 1. The van der Waals surface area contributed by atoms with Gasteiger partial charge in [0.1, 0.15) is 11.6 Å². The van der Waals surface area contributed by atoms with Crippen molar-refractivity contribution < 1.29 is 51.7 Å². The topological polar surface area (TPSA) is 177 Å². The lowest BCUT2D eigenvalue weighted by Gasteiger charge is -2.31. The minimum atomic E-state index is -4.86. The summed E-state index contributed by atoms with van der Waals surface area (Å²) in [5.41, 5.74) is -2.28. The number of rotatable bonds is 13. The van der Waals surface area contributed by atoms with Crippen molar-refractivity contribution >= 4 is 41.3 Å². The van der Waals surface area contributed by atoms with Gasteiger partial charge < -0.3 is 34.4 Å². The van der Waals surface area contributed by atoms with Crippen LogP contribution in [-0.2, 0) is 39.6 Å². The van der Waals surface area contributed by atoms with E-state index < -0.39 is 41.1 Å². The summed E-state index contributed by atoms with van der Waals surface area (Å²) < 4.78 is 59.2. The van der Waals surface area contributed by atoms with Crippen LogP contribution in [0.5, 0.6) is 0 Å². The number of halogens is 3. The minimum absolute atomic E-state index is 0.00926. The van der Waals surface area contributed by atoms with Crippen molar-refractivity contribution in [2.24, 2.45) is 0 Å². The fourth-order valence-corrected chi connectivity index (χ4v) is 5.19. The van der Waals surface area contributed by atoms with Gasteiger partial charge in [0.25, 0.3) is 11.8 Å². The number of amides is 2. The smallest absolute Gasteiger partial charge is 0.417 e. The van der Waals surface area contributed by atoms with Crippen LogP contribution in [0.1, 0.15) is 24.8 Å². The molecule has 0 aliphatic carbocycles. The Labute approximate surface area is 278 Å². The number of unbranched alkanes of at least 4 members (excludes halogenated alkanes) is 2. The van der Waals surface area contributed by atoms with E-state index in [0.717, 1.165) is 11.1 Å². The lowest BCUT2D eigenvalue weighted by molar-refractivity contribution is -0.144. The predicted octanol–water partition coefficient (Wildman–Crippen LogP) is 2.25. The lowest BCUT2D eigenvalue weighted by atomic mass is 10.1. The summed E-state index contributed by atoms with van der Waals surface area (Å²) in [5, 5.41) is 11.9. The number of morpholine rings is 2. The highest BCUT2D eigenvalue weighted by atomic mass is 19.4. The standard InChI is InChI=1S/C31H34F3N7O8/c32-31(33,34)22-16-24(36-19-21(28(44)45)29(46)49-11-3-1-2-6-41-26(42)4-5-27(41)43)35-18-20(22)23-17-25(39-7-12-47-13-8-39)38-30(37-23)40-9-14-48-15-10-40/h4-5,16-19H,1-3,6-15H2,(H,35,36)(H,44,45)/b21-19+. The van der Waals surface area contributed by atoms with E-state index in [-0.39, 0.29) is 36.2 Å². The number of pyridine rings is 1. The molecule has 0 saturated carbocycles. The number of alkyl halides is 3. The maximum atomic E-state index is 14.5. The van der Waals surface area contributed by atoms with Crippen molar-refractivity contribution in [1.82, 2.24) is 19.9 Å². The summed E-state index contributed by atoms with van der Waals surface area (Å²) in [6, 6.07) is 2.17. The number of imide groups is 1. The average Bonchev–Trinajstić information content (AvgIpc) is 3.42. The zero-order chi connectivity index (χ0) is 35.0. The maximum absolute atomic E-state index is 14.5. The molecule has 3 aliphatic heterocycles.